The number of furan rings is 1. The summed E-state index contributed by atoms with van der Waals surface area (Å²) in [5.41, 5.74) is 1.67. The SMILES string of the molecule is O=c1[nH]c(=S)[nH]c2c1CCN(Cc1ccco1)C2. The van der Waals surface area contributed by atoms with Crippen LogP contribution >= 0.6 is 12.2 Å². The number of aromatic nitrogens is 2. The van der Waals surface area contributed by atoms with Gasteiger partial charge in [-0.3, -0.25) is 14.7 Å². The van der Waals surface area contributed by atoms with Gasteiger partial charge in [0, 0.05) is 24.3 Å². The highest BCUT2D eigenvalue weighted by Gasteiger charge is 2.19. The van der Waals surface area contributed by atoms with Gasteiger partial charge in [-0.2, -0.15) is 0 Å². The van der Waals surface area contributed by atoms with Gasteiger partial charge in [0.25, 0.3) is 5.56 Å². The van der Waals surface area contributed by atoms with E-state index in [0.29, 0.717) is 11.3 Å². The Bertz CT molecular complexity index is 657. The molecule has 0 amide bonds. The lowest BCUT2D eigenvalue weighted by Gasteiger charge is -2.26. The Hall–Kier alpha value is -1.66. The minimum atomic E-state index is -0.0635. The van der Waals surface area contributed by atoms with Crippen LogP contribution < -0.4 is 5.56 Å². The third-order valence-corrected chi connectivity index (χ3v) is 3.35. The minimum Gasteiger partial charge on any atom is -0.468 e. The second kappa shape index (κ2) is 4.55. The van der Waals surface area contributed by atoms with Crippen molar-refractivity contribution in [2.75, 3.05) is 6.54 Å². The fourth-order valence-electron chi connectivity index (χ4n) is 2.29. The third-order valence-electron chi connectivity index (χ3n) is 3.15. The van der Waals surface area contributed by atoms with Crippen molar-refractivity contribution in [3.05, 3.63) is 50.5 Å². The maximum absolute atomic E-state index is 11.7. The van der Waals surface area contributed by atoms with Gasteiger partial charge in [-0.05, 0) is 30.8 Å². The van der Waals surface area contributed by atoms with E-state index in [0.717, 1.165) is 36.5 Å². The van der Waals surface area contributed by atoms with Crippen LogP contribution in [0.25, 0.3) is 0 Å². The lowest BCUT2D eigenvalue weighted by Crippen LogP contribution is -2.34. The van der Waals surface area contributed by atoms with Crippen LogP contribution in [0.5, 0.6) is 0 Å². The van der Waals surface area contributed by atoms with Crippen molar-refractivity contribution < 1.29 is 4.42 Å². The molecule has 18 heavy (non-hydrogen) atoms. The summed E-state index contributed by atoms with van der Waals surface area (Å²) in [5, 5.41) is 0. The number of H-pyrrole nitrogens is 2. The zero-order valence-corrected chi connectivity index (χ0v) is 10.5. The van der Waals surface area contributed by atoms with Crippen LogP contribution in [0.2, 0.25) is 0 Å². The first-order valence-corrected chi connectivity index (χ1v) is 6.22. The zero-order valence-electron chi connectivity index (χ0n) is 9.73. The normalized spacial score (nSPS) is 15.6. The predicted molar refractivity (Wildman–Crippen MR) is 68.8 cm³/mol. The van der Waals surface area contributed by atoms with Crippen LogP contribution in [0.15, 0.2) is 27.6 Å². The molecule has 0 unspecified atom stereocenters. The molecule has 1 aliphatic heterocycles. The van der Waals surface area contributed by atoms with Gasteiger partial charge in [0.15, 0.2) is 4.77 Å². The summed E-state index contributed by atoms with van der Waals surface area (Å²) in [7, 11) is 0. The highest BCUT2D eigenvalue weighted by Crippen LogP contribution is 2.16. The summed E-state index contributed by atoms with van der Waals surface area (Å²) in [6.07, 6.45) is 2.41. The largest absolute Gasteiger partial charge is 0.468 e. The van der Waals surface area contributed by atoms with E-state index in [1.807, 2.05) is 12.1 Å². The van der Waals surface area contributed by atoms with E-state index in [4.69, 9.17) is 16.6 Å². The highest BCUT2D eigenvalue weighted by molar-refractivity contribution is 7.71. The molecule has 0 fully saturated rings. The van der Waals surface area contributed by atoms with E-state index < -0.39 is 0 Å². The average molecular weight is 263 g/mol. The van der Waals surface area contributed by atoms with Crippen LogP contribution in [0, 0.1) is 4.77 Å². The van der Waals surface area contributed by atoms with E-state index in [1.165, 1.54) is 0 Å². The molecule has 5 nitrogen and oxygen atoms in total. The second-order valence-electron chi connectivity index (χ2n) is 4.41. The lowest BCUT2D eigenvalue weighted by atomic mass is 10.1. The Morgan fingerprint density at radius 1 is 1.44 bits per heavy atom. The molecule has 6 heteroatoms. The molecule has 3 rings (SSSR count). The van der Waals surface area contributed by atoms with Gasteiger partial charge in [0.05, 0.1) is 12.8 Å². The van der Waals surface area contributed by atoms with E-state index in [1.54, 1.807) is 6.26 Å². The molecule has 2 N–H and O–H groups in total. The first-order chi connectivity index (χ1) is 8.72. The highest BCUT2D eigenvalue weighted by atomic mass is 32.1. The van der Waals surface area contributed by atoms with E-state index in [2.05, 4.69) is 14.9 Å². The quantitative estimate of drug-likeness (QED) is 0.807. The fourth-order valence-corrected chi connectivity index (χ4v) is 2.51. The van der Waals surface area contributed by atoms with Crippen molar-refractivity contribution in [2.45, 2.75) is 19.5 Å². The zero-order chi connectivity index (χ0) is 12.5. The smallest absolute Gasteiger partial charge is 0.255 e. The summed E-state index contributed by atoms with van der Waals surface area (Å²) < 4.78 is 5.72. The Morgan fingerprint density at radius 3 is 3.11 bits per heavy atom. The maximum Gasteiger partial charge on any atom is 0.255 e. The molecule has 1 aliphatic rings. The average Bonchev–Trinajstić information content (AvgIpc) is 2.81. The Morgan fingerprint density at radius 2 is 2.33 bits per heavy atom. The van der Waals surface area contributed by atoms with Crippen molar-refractivity contribution in [1.29, 1.82) is 0 Å². The summed E-state index contributed by atoms with van der Waals surface area (Å²) in [4.78, 5) is 19.6. The molecule has 0 spiro atoms. The Balaban J connectivity index is 1.85. The van der Waals surface area contributed by atoms with Gasteiger partial charge >= 0.3 is 0 Å². The van der Waals surface area contributed by atoms with Gasteiger partial charge in [-0.15, -0.1) is 0 Å². The first-order valence-electron chi connectivity index (χ1n) is 5.81. The van der Waals surface area contributed by atoms with Crippen LogP contribution in [-0.4, -0.2) is 21.4 Å². The maximum atomic E-state index is 11.7. The number of nitrogens with one attached hydrogen (secondary N) is 2. The molecule has 0 atom stereocenters. The molecule has 0 aliphatic carbocycles. The van der Waals surface area contributed by atoms with Crippen LogP contribution in [0.4, 0.5) is 0 Å². The Kier molecular flexibility index (Phi) is 2.89. The minimum absolute atomic E-state index is 0.0635. The summed E-state index contributed by atoms with van der Waals surface area (Å²) in [6, 6.07) is 3.83. The van der Waals surface area contributed by atoms with Gasteiger partial charge in [0.1, 0.15) is 5.76 Å². The monoisotopic (exact) mass is 263 g/mol. The second-order valence-corrected chi connectivity index (χ2v) is 4.81. The van der Waals surface area contributed by atoms with Crippen molar-refractivity contribution in [2.24, 2.45) is 0 Å². The van der Waals surface area contributed by atoms with E-state index in [9.17, 15) is 4.79 Å². The van der Waals surface area contributed by atoms with Gasteiger partial charge in [0.2, 0.25) is 0 Å². The standard InChI is InChI=1S/C12H13N3O2S/c16-11-9-3-4-15(6-8-2-1-5-17-8)7-10(9)13-12(18)14-11/h1-2,5H,3-4,6-7H2,(H2,13,14,16,18). The van der Waals surface area contributed by atoms with Crippen LogP contribution in [-0.2, 0) is 19.5 Å². The van der Waals surface area contributed by atoms with Gasteiger partial charge < -0.3 is 9.40 Å². The van der Waals surface area contributed by atoms with Gasteiger partial charge in [-0.1, -0.05) is 0 Å². The van der Waals surface area contributed by atoms with Crippen molar-refractivity contribution in [3.8, 4) is 0 Å². The van der Waals surface area contributed by atoms with E-state index in [-0.39, 0.29) is 5.56 Å². The van der Waals surface area contributed by atoms with Crippen molar-refractivity contribution in [3.63, 3.8) is 0 Å². The molecule has 2 aromatic rings. The van der Waals surface area contributed by atoms with Crippen molar-refractivity contribution in [1.82, 2.24) is 14.9 Å². The van der Waals surface area contributed by atoms with Crippen molar-refractivity contribution >= 4 is 12.2 Å². The molecule has 3 heterocycles. The fraction of sp³-hybridized carbons (Fsp3) is 0.333. The third kappa shape index (κ3) is 2.16. The first kappa shape index (κ1) is 11.4. The molecule has 0 saturated heterocycles. The van der Waals surface area contributed by atoms with Crippen LogP contribution in [0.1, 0.15) is 17.0 Å². The topological polar surface area (TPSA) is 65.0 Å². The Labute approximate surface area is 108 Å². The molecule has 0 bridgehead atoms. The number of nitrogens with zero attached hydrogens (tertiary/aromatic N) is 1. The number of hydrogen-bond donors (Lipinski definition) is 2. The number of aromatic amines is 2. The molecular weight excluding hydrogens is 250 g/mol. The van der Waals surface area contributed by atoms with E-state index >= 15 is 0 Å². The molecular formula is C12H13N3O2S. The summed E-state index contributed by atoms with van der Waals surface area (Å²) >= 11 is 4.99. The molecule has 0 aromatic carbocycles. The summed E-state index contributed by atoms with van der Waals surface area (Å²) in [5.74, 6) is 0.932. The molecule has 2 aromatic heterocycles. The molecule has 0 radical (unpaired) electrons. The molecule has 94 valence electrons. The van der Waals surface area contributed by atoms with Gasteiger partial charge in [-0.25, -0.2) is 0 Å². The predicted octanol–water partition coefficient (Wildman–Crippen LogP) is 1.58. The number of fused-ring (bicyclic) bond motifs is 1. The molecule has 0 saturated carbocycles. The number of rotatable bonds is 2. The number of hydrogen-bond acceptors (Lipinski definition) is 4. The lowest BCUT2D eigenvalue weighted by molar-refractivity contribution is 0.221. The van der Waals surface area contributed by atoms with Crippen LogP contribution in [0.3, 0.4) is 0 Å². The summed E-state index contributed by atoms with van der Waals surface area (Å²) in [6.45, 7) is 2.30.